The molecule has 0 N–H and O–H groups in total. The van der Waals surface area contributed by atoms with Crippen LogP contribution in [0.3, 0.4) is 0 Å². The molecular formula is C11H20O3S. The summed E-state index contributed by atoms with van der Waals surface area (Å²) in [4.78, 5) is 11.7. The van der Waals surface area contributed by atoms with Crippen LogP contribution in [0.4, 0.5) is 0 Å². The number of hydrogen-bond donors (Lipinski definition) is 0. The number of hydrogen-bond acceptors (Lipinski definition) is 3. The van der Waals surface area contributed by atoms with Crippen molar-refractivity contribution in [3.63, 3.8) is 0 Å². The van der Waals surface area contributed by atoms with Crippen LogP contribution >= 0.6 is 0 Å². The van der Waals surface area contributed by atoms with Gasteiger partial charge in [-0.1, -0.05) is 20.8 Å². The molecule has 0 aromatic carbocycles. The van der Waals surface area contributed by atoms with Crippen molar-refractivity contribution in [3.05, 3.63) is 0 Å². The summed E-state index contributed by atoms with van der Waals surface area (Å²) in [6, 6.07) is 0. The standard InChI is InChI=1S/C11H20O3S/c1-11(2,3)10(12)8-9-4-6-15(13,14)7-5-9/h9H,4-8H2,1-3H3. The summed E-state index contributed by atoms with van der Waals surface area (Å²) < 4.78 is 22.4. The lowest BCUT2D eigenvalue weighted by atomic mass is 9.83. The fourth-order valence-electron chi connectivity index (χ4n) is 1.71. The highest BCUT2D eigenvalue weighted by atomic mass is 32.2. The van der Waals surface area contributed by atoms with E-state index in [1.807, 2.05) is 20.8 Å². The fraction of sp³-hybridized carbons (Fsp3) is 0.909. The van der Waals surface area contributed by atoms with Crippen molar-refractivity contribution < 1.29 is 13.2 Å². The van der Waals surface area contributed by atoms with Gasteiger partial charge >= 0.3 is 0 Å². The lowest BCUT2D eigenvalue weighted by Crippen LogP contribution is -2.28. The predicted molar refractivity (Wildman–Crippen MR) is 60.5 cm³/mol. The summed E-state index contributed by atoms with van der Waals surface area (Å²) >= 11 is 0. The Labute approximate surface area is 92.2 Å². The van der Waals surface area contributed by atoms with Gasteiger partial charge in [-0.15, -0.1) is 0 Å². The van der Waals surface area contributed by atoms with Crippen molar-refractivity contribution in [3.8, 4) is 0 Å². The maximum atomic E-state index is 11.7. The van der Waals surface area contributed by atoms with E-state index in [4.69, 9.17) is 0 Å². The minimum atomic E-state index is -2.80. The van der Waals surface area contributed by atoms with Gasteiger partial charge in [0.05, 0.1) is 11.5 Å². The van der Waals surface area contributed by atoms with Gasteiger partial charge in [-0.05, 0) is 18.8 Å². The molecule has 0 spiro atoms. The van der Waals surface area contributed by atoms with Crippen LogP contribution in [-0.4, -0.2) is 25.7 Å². The van der Waals surface area contributed by atoms with E-state index in [1.165, 1.54) is 0 Å². The zero-order valence-electron chi connectivity index (χ0n) is 9.75. The SMILES string of the molecule is CC(C)(C)C(=O)CC1CCS(=O)(=O)CC1. The smallest absolute Gasteiger partial charge is 0.150 e. The number of sulfone groups is 1. The molecule has 4 heteroatoms. The number of ketones is 1. The summed E-state index contributed by atoms with van der Waals surface area (Å²) in [5.41, 5.74) is -0.295. The summed E-state index contributed by atoms with van der Waals surface area (Å²) in [5.74, 6) is 1.04. The third kappa shape index (κ3) is 3.93. The summed E-state index contributed by atoms with van der Waals surface area (Å²) in [6.07, 6.45) is 1.85. The normalized spacial score (nSPS) is 22.6. The first-order valence-electron chi connectivity index (χ1n) is 5.44. The molecule has 1 rings (SSSR count). The summed E-state index contributed by atoms with van der Waals surface area (Å²) in [7, 11) is -2.80. The molecule has 1 heterocycles. The highest BCUT2D eigenvalue weighted by Gasteiger charge is 2.29. The molecule has 0 aromatic rings. The molecule has 3 nitrogen and oxygen atoms in total. The Hall–Kier alpha value is -0.380. The molecule has 0 bridgehead atoms. The lowest BCUT2D eigenvalue weighted by molar-refractivity contribution is -0.127. The van der Waals surface area contributed by atoms with Gasteiger partial charge in [0.2, 0.25) is 0 Å². The van der Waals surface area contributed by atoms with Crippen LogP contribution in [-0.2, 0) is 14.6 Å². The molecule has 0 radical (unpaired) electrons. The van der Waals surface area contributed by atoms with Crippen LogP contribution in [0.5, 0.6) is 0 Å². The van der Waals surface area contributed by atoms with Crippen LogP contribution in [0.25, 0.3) is 0 Å². The first-order valence-corrected chi connectivity index (χ1v) is 7.26. The third-order valence-electron chi connectivity index (χ3n) is 2.98. The Morgan fingerprint density at radius 3 is 2.07 bits per heavy atom. The molecule has 1 fully saturated rings. The minimum absolute atomic E-state index is 0.242. The second-order valence-electron chi connectivity index (χ2n) is 5.47. The van der Waals surface area contributed by atoms with E-state index in [9.17, 15) is 13.2 Å². The Morgan fingerprint density at radius 1 is 1.20 bits per heavy atom. The van der Waals surface area contributed by atoms with E-state index in [1.54, 1.807) is 0 Å². The Kier molecular flexibility index (Phi) is 3.59. The largest absolute Gasteiger partial charge is 0.299 e. The molecule has 0 amide bonds. The molecule has 88 valence electrons. The van der Waals surface area contributed by atoms with Crippen molar-refractivity contribution in [1.29, 1.82) is 0 Å². The third-order valence-corrected chi connectivity index (χ3v) is 4.70. The number of Topliss-reactive ketones (excluding diaryl/α,β-unsaturated/α-hetero) is 1. The Balaban J connectivity index is 2.47. The van der Waals surface area contributed by atoms with E-state index in [0.717, 1.165) is 0 Å². The number of carbonyl (C=O) groups is 1. The molecular weight excluding hydrogens is 212 g/mol. The van der Waals surface area contributed by atoms with Gasteiger partial charge in [0.15, 0.2) is 0 Å². The summed E-state index contributed by atoms with van der Waals surface area (Å²) in [5, 5.41) is 0. The molecule has 0 aromatic heterocycles. The van der Waals surface area contributed by atoms with Crippen molar-refractivity contribution in [2.45, 2.75) is 40.0 Å². The topological polar surface area (TPSA) is 51.2 Å². The van der Waals surface area contributed by atoms with E-state index in [-0.39, 0.29) is 28.6 Å². The maximum Gasteiger partial charge on any atom is 0.150 e. The molecule has 0 saturated carbocycles. The summed E-state index contributed by atoms with van der Waals surface area (Å²) in [6.45, 7) is 5.73. The van der Waals surface area contributed by atoms with E-state index >= 15 is 0 Å². The lowest BCUT2D eigenvalue weighted by Gasteiger charge is -2.24. The van der Waals surface area contributed by atoms with Gasteiger partial charge in [-0.2, -0.15) is 0 Å². The van der Waals surface area contributed by atoms with Crippen molar-refractivity contribution in [2.75, 3.05) is 11.5 Å². The molecule has 1 aliphatic rings. The second kappa shape index (κ2) is 4.24. The Bertz CT molecular complexity index is 321. The maximum absolute atomic E-state index is 11.7. The predicted octanol–water partition coefficient (Wildman–Crippen LogP) is 1.82. The van der Waals surface area contributed by atoms with Gasteiger partial charge in [0.1, 0.15) is 15.6 Å². The van der Waals surface area contributed by atoms with Gasteiger partial charge in [-0.3, -0.25) is 4.79 Å². The number of carbonyl (C=O) groups excluding carboxylic acids is 1. The van der Waals surface area contributed by atoms with Crippen LogP contribution < -0.4 is 0 Å². The first kappa shape index (κ1) is 12.7. The van der Waals surface area contributed by atoms with E-state index in [0.29, 0.717) is 19.3 Å². The van der Waals surface area contributed by atoms with Gasteiger partial charge < -0.3 is 0 Å². The zero-order chi connectivity index (χ0) is 11.7. The van der Waals surface area contributed by atoms with Gasteiger partial charge in [0.25, 0.3) is 0 Å². The van der Waals surface area contributed by atoms with Gasteiger partial charge in [0, 0.05) is 11.8 Å². The average Bonchev–Trinajstić information content (AvgIpc) is 2.07. The highest BCUT2D eigenvalue weighted by Crippen LogP contribution is 2.26. The first-order chi connectivity index (χ1) is 6.71. The van der Waals surface area contributed by atoms with Crippen LogP contribution in [0.2, 0.25) is 0 Å². The highest BCUT2D eigenvalue weighted by molar-refractivity contribution is 7.91. The van der Waals surface area contributed by atoms with Crippen molar-refractivity contribution in [2.24, 2.45) is 11.3 Å². The molecule has 0 aliphatic carbocycles. The molecule has 15 heavy (non-hydrogen) atoms. The zero-order valence-corrected chi connectivity index (χ0v) is 10.6. The average molecular weight is 232 g/mol. The quantitative estimate of drug-likeness (QED) is 0.729. The van der Waals surface area contributed by atoms with Crippen molar-refractivity contribution in [1.82, 2.24) is 0 Å². The fourth-order valence-corrected chi connectivity index (χ4v) is 3.30. The van der Waals surface area contributed by atoms with Crippen LogP contribution in [0, 0.1) is 11.3 Å². The minimum Gasteiger partial charge on any atom is -0.299 e. The van der Waals surface area contributed by atoms with E-state index < -0.39 is 9.84 Å². The van der Waals surface area contributed by atoms with Crippen LogP contribution in [0.15, 0.2) is 0 Å². The molecule has 0 unspecified atom stereocenters. The number of rotatable bonds is 2. The molecule has 0 atom stereocenters. The molecule has 1 saturated heterocycles. The van der Waals surface area contributed by atoms with Gasteiger partial charge in [-0.25, -0.2) is 8.42 Å². The van der Waals surface area contributed by atoms with Crippen molar-refractivity contribution >= 4 is 15.6 Å². The van der Waals surface area contributed by atoms with Crippen LogP contribution in [0.1, 0.15) is 40.0 Å². The Morgan fingerprint density at radius 2 is 1.67 bits per heavy atom. The monoisotopic (exact) mass is 232 g/mol. The van der Waals surface area contributed by atoms with E-state index in [2.05, 4.69) is 0 Å². The molecule has 1 aliphatic heterocycles. The second-order valence-corrected chi connectivity index (χ2v) is 7.78.